The molecule has 6 nitrogen and oxygen atoms in total. The van der Waals surface area contributed by atoms with Crippen molar-refractivity contribution < 1.29 is 4.79 Å². The second kappa shape index (κ2) is 7.28. The monoisotopic (exact) mass is 395 g/mol. The van der Waals surface area contributed by atoms with E-state index in [4.69, 9.17) is 0 Å². The lowest BCUT2D eigenvalue weighted by Gasteiger charge is -2.31. The van der Waals surface area contributed by atoms with Gasteiger partial charge in [0.05, 0.1) is 11.6 Å². The number of nitrogens with zero attached hydrogens (tertiary/aromatic N) is 4. The van der Waals surface area contributed by atoms with Crippen LogP contribution < -0.4 is 4.90 Å². The number of nitrogens with one attached hydrogen (secondary N) is 1. The first-order chi connectivity index (χ1) is 13.7. The van der Waals surface area contributed by atoms with Crippen LogP contribution in [0, 0.1) is 11.3 Å². The molecule has 146 valence electrons. The SMILES string of the molecule is O=C(c1cnsc1)C1CCCN(c2ncnc3[nH]ccc23)CC2(CCC1)CC2. The summed E-state index contributed by atoms with van der Waals surface area (Å²) in [5, 5.41) is 2.98. The molecule has 5 rings (SSSR count). The molecule has 2 aliphatic rings. The van der Waals surface area contributed by atoms with Crippen molar-refractivity contribution in [2.24, 2.45) is 11.3 Å². The van der Waals surface area contributed by atoms with Crippen molar-refractivity contribution in [3.05, 3.63) is 35.7 Å². The zero-order valence-electron chi connectivity index (χ0n) is 15.9. The van der Waals surface area contributed by atoms with Crippen LogP contribution in [0.15, 0.2) is 30.2 Å². The summed E-state index contributed by atoms with van der Waals surface area (Å²) in [4.78, 5) is 27.5. The van der Waals surface area contributed by atoms with Crippen molar-refractivity contribution in [2.75, 3.05) is 18.0 Å². The van der Waals surface area contributed by atoms with E-state index in [1.807, 2.05) is 11.6 Å². The number of carbonyl (C=O) groups excluding carboxylic acids is 1. The lowest BCUT2D eigenvalue weighted by molar-refractivity contribution is 0.0900. The van der Waals surface area contributed by atoms with Gasteiger partial charge in [0.1, 0.15) is 17.8 Å². The summed E-state index contributed by atoms with van der Waals surface area (Å²) in [7, 11) is 0. The van der Waals surface area contributed by atoms with E-state index in [2.05, 4.69) is 30.3 Å². The van der Waals surface area contributed by atoms with E-state index in [1.165, 1.54) is 30.8 Å². The van der Waals surface area contributed by atoms with E-state index in [-0.39, 0.29) is 11.7 Å². The van der Waals surface area contributed by atoms with Crippen molar-refractivity contribution in [3.63, 3.8) is 0 Å². The zero-order chi connectivity index (χ0) is 19.0. The average Bonchev–Trinajstić information content (AvgIpc) is 3.14. The molecule has 1 unspecified atom stereocenters. The van der Waals surface area contributed by atoms with Gasteiger partial charge >= 0.3 is 0 Å². The van der Waals surface area contributed by atoms with Gasteiger partial charge in [-0.1, -0.05) is 6.42 Å². The summed E-state index contributed by atoms with van der Waals surface area (Å²) >= 11 is 1.36. The zero-order valence-corrected chi connectivity index (χ0v) is 16.7. The average molecular weight is 396 g/mol. The molecule has 3 aromatic rings. The Morgan fingerprint density at radius 2 is 2.11 bits per heavy atom. The van der Waals surface area contributed by atoms with Gasteiger partial charge in [0.25, 0.3) is 0 Å². The number of aromatic amines is 1. The normalized spacial score (nSPS) is 22.4. The molecule has 28 heavy (non-hydrogen) atoms. The summed E-state index contributed by atoms with van der Waals surface area (Å²) < 4.78 is 4.12. The molecule has 0 amide bonds. The van der Waals surface area contributed by atoms with Crippen molar-refractivity contribution in [2.45, 2.75) is 44.9 Å². The molecule has 2 fully saturated rings. The van der Waals surface area contributed by atoms with Crippen LogP contribution in [-0.4, -0.2) is 38.2 Å². The topological polar surface area (TPSA) is 74.8 Å². The van der Waals surface area contributed by atoms with Gasteiger partial charge in [-0.25, -0.2) is 14.3 Å². The Bertz CT molecular complexity index is 962. The van der Waals surface area contributed by atoms with Gasteiger partial charge in [0.2, 0.25) is 0 Å². The van der Waals surface area contributed by atoms with E-state index >= 15 is 0 Å². The molecule has 1 atom stereocenters. The standard InChI is InChI=1S/C21H25N5OS/c27-18(16-11-25-28-12-16)15-3-1-6-21(7-8-21)13-26(10-2-4-15)20-17-5-9-22-19(17)23-14-24-20/h5,9,11-12,14-15H,1-4,6-8,10,13H2,(H,22,23,24). The summed E-state index contributed by atoms with van der Waals surface area (Å²) in [6.45, 7) is 2.00. The Hall–Kier alpha value is -2.28. The van der Waals surface area contributed by atoms with Crippen LogP contribution in [0.5, 0.6) is 0 Å². The molecule has 1 aliphatic heterocycles. The molecule has 0 aromatic carbocycles. The quantitative estimate of drug-likeness (QED) is 0.663. The highest BCUT2D eigenvalue weighted by atomic mass is 32.1. The number of fused-ring (bicyclic) bond motifs is 1. The third-order valence-corrected chi connectivity index (χ3v) is 7.03. The first-order valence-electron chi connectivity index (χ1n) is 10.2. The molecule has 3 aromatic heterocycles. The van der Waals surface area contributed by atoms with E-state index in [0.29, 0.717) is 5.41 Å². The van der Waals surface area contributed by atoms with Crippen molar-refractivity contribution in [1.82, 2.24) is 19.3 Å². The highest BCUT2D eigenvalue weighted by Gasteiger charge is 2.44. The highest BCUT2D eigenvalue weighted by Crippen LogP contribution is 2.51. The van der Waals surface area contributed by atoms with Gasteiger partial charge in [0, 0.05) is 36.1 Å². The molecule has 1 spiro atoms. The van der Waals surface area contributed by atoms with Crippen LogP contribution >= 0.6 is 11.5 Å². The maximum absolute atomic E-state index is 12.9. The van der Waals surface area contributed by atoms with E-state index in [1.54, 1.807) is 12.5 Å². The summed E-state index contributed by atoms with van der Waals surface area (Å²) in [6.07, 6.45) is 13.2. The lowest BCUT2D eigenvalue weighted by atomic mass is 9.86. The summed E-state index contributed by atoms with van der Waals surface area (Å²) in [6, 6.07) is 2.07. The number of ketones is 1. The maximum atomic E-state index is 12.9. The number of carbonyl (C=O) groups is 1. The Morgan fingerprint density at radius 3 is 2.93 bits per heavy atom. The van der Waals surface area contributed by atoms with Crippen LogP contribution in [0.4, 0.5) is 5.82 Å². The van der Waals surface area contributed by atoms with Gasteiger partial charge in [-0.05, 0) is 61.5 Å². The number of hydrogen-bond donors (Lipinski definition) is 1. The molecule has 0 bridgehead atoms. The number of anilines is 1. The van der Waals surface area contributed by atoms with Gasteiger partial charge in [-0.2, -0.15) is 0 Å². The fourth-order valence-electron chi connectivity index (χ4n) is 4.66. The van der Waals surface area contributed by atoms with Gasteiger partial charge in [0.15, 0.2) is 5.78 Å². The number of aromatic nitrogens is 4. The van der Waals surface area contributed by atoms with Crippen molar-refractivity contribution in [1.29, 1.82) is 0 Å². The molecule has 1 saturated heterocycles. The van der Waals surface area contributed by atoms with Crippen LogP contribution in [0.3, 0.4) is 0 Å². The first-order valence-corrected chi connectivity index (χ1v) is 11.0. The molecule has 1 aliphatic carbocycles. The van der Waals surface area contributed by atoms with Crippen molar-refractivity contribution >= 4 is 34.2 Å². The van der Waals surface area contributed by atoms with Crippen LogP contribution in [0.1, 0.15) is 55.3 Å². The van der Waals surface area contributed by atoms with Crippen LogP contribution in [0.25, 0.3) is 11.0 Å². The van der Waals surface area contributed by atoms with Gasteiger partial charge in [-0.3, -0.25) is 4.79 Å². The number of Topliss-reactive ketones (excluding diaryl/α,β-unsaturated/α-hetero) is 1. The molecule has 1 saturated carbocycles. The van der Waals surface area contributed by atoms with Crippen LogP contribution in [0.2, 0.25) is 0 Å². The second-order valence-electron chi connectivity index (χ2n) is 8.37. The minimum atomic E-state index is 0.116. The van der Waals surface area contributed by atoms with Gasteiger partial charge < -0.3 is 9.88 Å². The molecule has 4 heterocycles. The predicted octanol–water partition coefficient (Wildman–Crippen LogP) is 4.46. The van der Waals surface area contributed by atoms with E-state index in [9.17, 15) is 4.79 Å². The third kappa shape index (κ3) is 3.43. The van der Waals surface area contributed by atoms with E-state index in [0.717, 1.165) is 61.2 Å². The Balaban J connectivity index is 1.39. The first kappa shape index (κ1) is 17.8. The molecule has 0 radical (unpaired) electrons. The largest absolute Gasteiger partial charge is 0.355 e. The minimum Gasteiger partial charge on any atom is -0.355 e. The number of H-pyrrole nitrogens is 1. The summed E-state index contributed by atoms with van der Waals surface area (Å²) in [5.74, 6) is 1.42. The fraction of sp³-hybridized carbons (Fsp3) is 0.524. The number of rotatable bonds is 3. The van der Waals surface area contributed by atoms with Crippen LogP contribution in [-0.2, 0) is 0 Å². The fourth-order valence-corrected chi connectivity index (χ4v) is 5.19. The van der Waals surface area contributed by atoms with Gasteiger partial charge in [-0.15, -0.1) is 0 Å². The lowest BCUT2D eigenvalue weighted by Crippen LogP contribution is -2.34. The highest BCUT2D eigenvalue weighted by molar-refractivity contribution is 7.03. The minimum absolute atomic E-state index is 0.116. The Morgan fingerprint density at radius 1 is 1.21 bits per heavy atom. The van der Waals surface area contributed by atoms with Crippen molar-refractivity contribution in [3.8, 4) is 0 Å². The molecular formula is C21H25N5OS. The smallest absolute Gasteiger partial charge is 0.168 e. The Kier molecular flexibility index (Phi) is 4.62. The predicted molar refractivity (Wildman–Crippen MR) is 111 cm³/mol. The molecule has 7 heteroatoms. The maximum Gasteiger partial charge on any atom is 0.168 e. The second-order valence-corrected chi connectivity index (χ2v) is 9.02. The summed E-state index contributed by atoms with van der Waals surface area (Å²) in [5.41, 5.74) is 2.09. The molecule has 1 N–H and O–H groups in total. The number of hydrogen-bond acceptors (Lipinski definition) is 6. The molecular weight excluding hydrogens is 370 g/mol. The third-order valence-electron chi connectivity index (χ3n) is 6.44. The Labute approximate surface area is 168 Å². The van der Waals surface area contributed by atoms with E-state index < -0.39 is 0 Å².